The molecule has 1 N–H and O–H groups in total. The maximum Gasteiger partial charge on any atom is 0.0481 e. The van der Waals surface area contributed by atoms with Crippen LogP contribution in [0.15, 0.2) is 30.5 Å². The Morgan fingerprint density at radius 1 is 1.21 bits per heavy atom. The number of benzene rings is 1. The first kappa shape index (κ1) is 12.7. The fourth-order valence-electron chi connectivity index (χ4n) is 3.43. The van der Waals surface area contributed by atoms with E-state index in [1.807, 2.05) is 0 Å². The molecule has 1 saturated carbocycles. The molecule has 1 aromatic carbocycles. The van der Waals surface area contributed by atoms with E-state index in [1.165, 1.54) is 42.1 Å². The zero-order chi connectivity index (χ0) is 13.2. The SMILES string of the molecule is CC1CCCCC1NCc1cn(C)c2ccccc12. The Morgan fingerprint density at radius 2 is 2.00 bits per heavy atom. The molecular weight excluding hydrogens is 232 g/mol. The molecule has 0 amide bonds. The number of para-hydroxylation sites is 1. The van der Waals surface area contributed by atoms with Crippen molar-refractivity contribution in [1.29, 1.82) is 0 Å². The molecular formula is C17H24N2. The second-order valence-electron chi connectivity index (χ2n) is 6.03. The van der Waals surface area contributed by atoms with Crippen molar-refractivity contribution < 1.29 is 0 Å². The van der Waals surface area contributed by atoms with Crippen LogP contribution < -0.4 is 5.32 Å². The van der Waals surface area contributed by atoms with E-state index in [9.17, 15) is 0 Å². The molecule has 102 valence electrons. The summed E-state index contributed by atoms with van der Waals surface area (Å²) >= 11 is 0. The highest BCUT2D eigenvalue weighted by atomic mass is 15.0. The molecule has 2 nitrogen and oxygen atoms in total. The Morgan fingerprint density at radius 3 is 2.84 bits per heavy atom. The first-order valence-electron chi connectivity index (χ1n) is 7.52. The number of nitrogens with one attached hydrogen (secondary N) is 1. The quantitative estimate of drug-likeness (QED) is 0.882. The third-order valence-corrected chi connectivity index (χ3v) is 4.65. The van der Waals surface area contributed by atoms with Gasteiger partial charge in [0.2, 0.25) is 0 Å². The van der Waals surface area contributed by atoms with Gasteiger partial charge in [0, 0.05) is 36.7 Å². The highest BCUT2D eigenvalue weighted by Crippen LogP contribution is 2.25. The number of rotatable bonds is 3. The van der Waals surface area contributed by atoms with Gasteiger partial charge >= 0.3 is 0 Å². The average molecular weight is 256 g/mol. The van der Waals surface area contributed by atoms with Gasteiger partial charge in [-0.25, -0.2) is 0 Å². The van der Waals surface area contributed by atoms with Crippen LogP contribution in [0, 0.1) is 5.92 Å². The monoisotopic (exact) mass is 256 g/mol. The molecule has 1 heterocycles. The number of aryl methyl sites for hydroxylation is 1. The summed E-state index contributed by atoms with van der Waals surface area (Å²) in [4.78, 5) is 0. The van der Waals surface area contributed by atoms with Crippen LogP contribution in [0.1, 0.15) is 38.2 Å². The van der Waals surface area contributed by atoms with Gasteiger partial charge in [0.1, 0.15) is 0 Å². The lowest BCUT2D eigenvalue weighted by molar-refractivity contribution is 0.279. The highest BCUT2D eigenvalue weighted by Gasteiger charge is 2.20. The molecule has 0 aliphatic heterocycles. The van der Waals surface area contributed by atoms with Crippen molar-refractivity contribution in [3.8, 4) is 0 Å². The van der Waals surface area contributed by atoms with Gasteiger partial charge in [-0.05, 0) is 30.4 Å². The van der Waals surface area contributed by atoms with Gasteiger partial charge in [-0.2, -0.15) is 0 Å². The molecule has 1 aliphatic carbocycles. The smallest absolute Gasteiger partial charge is 0.0481 e. The van der Waals surface area contributed by atoms with E-state index in [1.54, 1.807) is 0 Å². The van der Waals surface area contributed by atoms with Gasteiger partial charge in [0.05, 0.1) is 0 Å². The fraction of sp³-hybridized carbons (Fsp3) is 0.529. The maximum atomic E-state index is 3.78. The summed E-state index contributed by atoms with van der Waals surface area (Å²) < 4.78 is 2.23. The molecule has 1 fully saturated rings. The van der Waals surface area contributed by atoms with Crippen molar-refractivity contribution >= 4 is 10.9 Å². The number of aromatic nitrogens is 1. The Hall–Kier alpha value is -1.28. The van der Waals surface area contributed by atoms with Crippen molar-refractivity contribution in [3.05, 3.63) is 36.0 Å². The van der Waals surface area contributed by atoms with E-state index in [2.05, 4.69) is 54.3 Å². The predicted molar refractivity (Wildman–Crippen MR) is 81.2 cm³/mol. The molecule has 2 heteroatoms. The minimum Gasteiger partial charge on any atom is -0.350 e. The molecule has 0 bridgehead atoms. The van der Waals surface area contributed by atoms with E-state index >= 15 is 0 Å². The molecule has 2 aromatic rings. The zero-order valence-corrected chi connectivity index (χ0v) is 12.0. The lowest BCUT2D eigenvalue weighted by atomic mass is 9.86. The van der Waals surface area contributed by atoms with Gasteiger partial charge in [-0.1, -0.05) is 38.0 Å². The molecule has 1 aromatic heterocycles. The van der Waals surface area contributed by atoms with Crippen molar-refractivity contribution in [2.24, 2.45) is 13.0 Å². The van der Waals surface area contributed by atoms with Gasteiger partial charge in [0.25, 0.3) is 0 Å². The number of hydrogen-bond acceptors (Lipinski definition) is 1. The van der Waals surface area contributed by atoms with Gasteiger partial charge in [-0.15, -0.1) is 0 Å². The summed E-state index contributed by atoms with van der Waals surface area (Å²) in [6.07, 6.45) is 7.79. The number of fused-ring (bicyclic) bond motifs is 1. The van der Waals surface area contributed by atoms with Crippen LogP contribution in [0.25, 0.3) is 10.9 Å². The minimum absolute atomic E-state index is 0.702. The van der Waals surface area contributed by atoms with Crippen LogP contribution >= 0.6 is 0 Å². The van der Waals surface area contributed by atoms with E-state index in [0.29, 0.717) is 6.04 Å². The van der Waals surface area contributed by atoms with E-state index < -0.39 is 0 Å². The Bertz CT molecular complexity index is 555. The fourth-order valence-corrected chi connectivity index (χ4v) is 3.43. The highest BCUT2D eigenvalue weighted by molar-refractivity contribution is 5.83. The molecule has 0 radical (unpaired) electrons. The van der Waals surface area contributed by atoms with Crippen LogP contribution in [0.3, 0.4) is 0 Å². The molecule has 0 spiro atoms. The summed E-state index contributed by atoms with van der Waals surface area (Å²) in [5, 5.41) is 5.17. The van der Waals surface area contributed by atoms with Gasteiger partial charge < -0.3 is 9.88 Å². The Kier molecular flexibility index (Phi) is 3.61. The average Bonchev–Trinajstić information content (AvgIpc) is 2.75. The number of nitrogens with zero attached hydrogens (tertiary/aromatic N) is 1. The third-order valence-electron chi connectivity index (χ3n) is 4.65. The normalized spacial score (nSPS) is 23.9. The molecule has 0 saturated heterocycles. The van der Waals surface area contributed by atoms with Crippen LogP contribution in [0.4, 0.5) is 0 Å². The van der Waals surface area contributed by atoms with Crippen LogP contribution in [-0.2, 0) is 13.6 Å². The van der Waals surface area contributed by atoms with Gasteiger partial charge in [0.15, 0.2) is 0 Å². The second-order valence-corrected chi connectivity index (χ2v) is 6.03. The summed E-state index contributed by atoms with van der Waals surface area (Å²) in [7, 11) is 2.13. The van der Waals surface area contributed by atoms with Crippen molar-refractivity contribution in [2.45, 2.75) is 45.2 Å². The largest absolute Gasteiger partial charge is 0.350 e. The summed E-state index contributed by atoms with van der Waals surface area (Å²) in [5.41, 5.74) is 2.76. The summed E-state index contributed by atoms with van der Waals surface area (Å²) in [6, 6.07) is 9.38. The standard InChI is InChI=1S/C17H24N2/c1-13-7-3-5-9-16(13)18-11-14-12-19(2)17-10-6-4-8-15(14)17/h4,6,8,10,12-13,16,18H,3,5,7,9,11H2,1-2H3. The second kappa shape index (κ2) is 5.38. The van der Waals surface area contributed by atoms with Crippen LogP contribution in [-0.4, -0.2) is 10.6 Å². The van der Waals surface area contributed by atoms with E-state index in [-0.39, 0.29) is 0 Å². The van der Waals surface area contributed by atoms with Crippen molar-refractivity contribution in [3.63, 3.8) is 0 Å². The van der Waals surface area contributed by atoms with Crippen molar-refractivity contribution in [2.75, 3.05) is 0 Å². The summed E-state index contributed by atoms with van der Waals surface area (Å²) in [5.74, 6) is 0.823. The lowest BCUT2D eigenvalue weighted by Gasteiger charge is -2.29. The van der Waals surface area contributed by atoms with Crippen molar-refractivity contribution in [1.82, 2.24) is 9.88 Å². The number of hydrogen-bond donors (Lipinski definition) is 1. The van der Waals surface area contributed by atoms with E-state index in [4.69, 9.17) is 0 Å². The summed E-state index contributed by atoms with van der Waals surface area (Å²) in [6.45, 7) is 3.39. The predicted octanol–water partition coefficient (Wildman–Crippen LogP) is 3.85. The molecule has 3 rings (SSSR count). The topological polar surface area (TPSA) is 17.0 Å². The molecule has 2 atom stereocenters. The third kappa shape index (κ3) is 2.55. The Labute approximate surface area is 115 Å². The first-order chi connectivity index (χ1) is 9.25. The maximum absolute atomic E-state index is 3.78. The first-order valence-corrected chi connectivity index (χ1v) is 7.52. The molecule has 2 unspecified atom stereocenters. The minimum atomic E-state index is 0.702. The van der Waals surface area contributed by atoms with Crippen LogP contribution in [0.5, 0.6) is 0 Å². The Balaban J connectivity index is 1.75. The molecule has 19 heavy (non-hydrogen) atoms. The van der Waals surface area contributed by atoms with Crippen LogP contribution in [0.2, 0.25) is 0 Å². The molecule has 1 aliphatic rings. The van der Waals surface area contributed by atoms with Gasteiger partial charge in [-0.3, -0.25) is 0 Å². The lowest BCUT2D eigenvalue weighted by Crippen LogP contribution is -2.36. The van der Waals surface area contributed by atoms with E-state index in [0.717, 1.165) is 12.5 Å². The zero-order valence-electron chi connectivity index (χ0n) is 12.0.